The number of hydrogen-bond acceptors (Lipinski definition) is 4. The van der Waals surface area contributed by atoms with Gasteiger partial charge in [-0.05, 0) is 31.2 Å². The summed E-state index contributed by atoms with van der Waals surface area (Å²) in [6.45, 7) is 1.42. The molecule has 0 saturated heterocycles. The number of carbonyl (C=O) groups is 3. The van der Waals surface area contributed by atoms with Crippen LogP contribution in [0, 0.1) is 0 Å². The molecule has 0 spiro atoms. The second-order valence-electron chi connectivity index (χ2n) is 5.63. The highest BCUT2D eigenvalue weighted by atomic mass is 16.5. The van der Waals surface area contributed by atoms with E-state index in [4.69, 9.17) is 4.74 Å². The Kier molecular flexibility index (Phi) is 4.98. The minimum absolute atomic E-state index is 0.249. The summed E-state index contributed by atoms with van der Waals surface area (Å²) in [5.41, 5.74) is 5.96. The Balaban J connectivity index is 1.55. The molecule has 3 rings (SSSR count). The molecule has 3 N–H and O–H groups in total. The van der Waals surface area contributed by atoms with E-state index < -0.39 is 23.9 Å². The highest BCUT2D eigenvalue weighted by molar-refractivity contribution is 5.97. The van der Waals surface area contributed by atoms with Gasteiger partial charge in [0.2, 0.25) is 0 Å². The Morgan fingerprint density at radius 1 is 0.962 bits per heavy atom. The quantitative estimate of drug-likeness (QED) is 0.495. The van der Waals surface area contributed by atoms with Crippen LogP contribution in [0.2, 0.25) is 0 Å². The number of nitrogens with one attached hydrogen (secondary N) is 3. The van der Waals surface area contributed by atoms with E-state index in [0.717, 1.165) is 10.9 Å². The summed E-state index contributed by atoms with van der Waals surface area (Å²) < 4.78 is 5.13. The smallest absolute Gasteiger partial charge is 0.355 e. The van der Waals surface area contributed by atoms with E-state index >= 15 is 0 Å². The minimum Gasteiger partial charge on any atom is -0.448 e. The number of amides is 2. The molecule has 7 nitrogen and oxygen atoms in total. The molecule has 0 aliphatic rings. The van der Waals surface area contributed by atoms with Gasteiger partial charge < -0.3 is 9.72 Å². The lowest BCUT2D eigenvalue weighted by atomic mass is 10.2. The van der Waals surface area contributed by atoms with Gasteiger partial charge in [-0.2, -0.15) is 0 Å². The van der Waals surface area contributed by atoms with Crippen LogP contribution in [-0.4, -0.2) is 28.9 Å². The van der Waals surface area contributed by atoms with Crippen molar-refractivity contribution in [2.75, 3.05) is 0 Å². The topological polar surface area (TPSA) is 100 Å². The molecule has 1 heterocycles. The molecule has 132 valence electrons. The third-order valence-electron chi connectivity index (χ3n) is 3.74. The fraction of sp³-hybridized carbons (Fsp3) is 0.105. The van der Waals surface area contributed by atoms with E-state index in [1.165, 1.54) is 6.92 Å². The lowest BCUT2D eigenvalue weighted by Gasteiger charge is -2.13. The number of aromatic amines is 1. The Morgan fingerprint density at radius 2 is 1.65 bits per heavy atom. The number of ether oxygens (including phenoxy) is 1. The average molecular weight is 351 g/mol. The largest absolute Gasteiger partial charge is 0.448 e. The number of carbonyl (C=O) groups excluding carboxylic acids is 3. The molecule has 0 aliphatic heterocycles. The molecule has 1 atom stereocenters. The summed E-state index contributed by atoms with van der Waals surface area (Å²) in [7, 11) is 0. The monoisotopic (exact) mass is 351 g/mol. The van der Waals surface area contributed by atoms with E-state index in [-0.39, 0.29) is 5.69 Å². The van der Waals surface area contributed by atoms with Crippen LogP contribution in [0.15, 0.2) is 60.7 Å². The maximum absolute atomic E-state index is 12.2. The zero-order valence-corrected chi connectivity index (χ0v) is 14.0. The SMILES string of the molecule is C[C@H](OC(=O)c1cc2ccccc2[nH]1)C(=O)NNC(=O)c1ccccc1. The third-order valence-corrected chi connectivity index (χ3v) is 3.74. The first-order valence-corrected chi connectivity index (χ1v) is 7.98. The van der Waals surface area contributed by atoms with Crippen molar-refractivity contribution in [3.05, 3.63) is 71.9 Å². The molecular weight excluding hydrogens is 334 g/mol. The van der Waals surface area contributed by atoms with Crippen molar-refractivity contribution in [3.63, 3.8) is 0 Å². The number of hydrazine groups is 1. The lowest BCUT2D eigenvalue weighted by Crippen LogP contribution is -2.46. The van der Waals surface area contributed by atoms with Gasteiger partial charge in [-0.15, -0.1) is 0 Å². The molecule has 0 aliphatic carbocycles. The summed E-state index contributed by atoms with van der Waals surface area (Å²) in [6, 6.07) is 17.5. The van der Waals surface area contributed by atoms with Crippen LogP contribution >= 0.6 is 0 Å². The Bertz CT molecular complexity index is 917. The van der Waals surface area contributed by atoms with Crippen LogP contribution in [-0.2, 0) is 9.53 Å². The van der Waals surface area contributed by atoms with E-state index in [1.54, 1.807) is 36.4 Å². The highest BCUT2D eigenvalue weighted by Gasteiger charge is 2.20. The Hall–Kier alpha value is -3.61. The van der Waals surface area contributed by atoms with E-state index in [0.29, 0.717) is 5.56 Å². The number of esters is 1. The highest BCUT2D eigenvalue weighted by Crippen LogP contribution is 2.15. The van der Waals surface area contributed by atoms with Crippen molar-refractivity contribution in [1.29, 1.82) is 0 Å². The van der Waals surface area contributed by atoms with Gasteiger partial charge in [0.05, 0.1) is 0 Å². The number of rotatable bonds is 4. The summed E-state index contributed by atoms with van der Waals surface area (Å²) in [6.07, 6.45) is -1.08. The maximum atomic E-state index is 12.2. The Morgan fingerprint density at radius 3 is 2.38 bits per heavy atom. The second-order valence-corrected chi connectivity index (χ2v) is 5.63. The van der Waals surface area contributed by atoms with Gasteiger partial charge in [0.25, 0.3) is 11.8 Å². The van der Waals surface area contributed by atoms with Crippen molar-refractivity contribution >= 4 is 28.7 Å². The van der Waals surface area contributed by atoms with Crippen molar-refractivity contribution < 1.29 is 19.1 Å². The summed E-state index contributed by atoms with van der Waals surface area (Å²) >= 11 is 0. The fourth-order valence-electron chi connectivity index (χ4n) is 2.34. The molecule has 2 aromatic carbocycles. The maximum Gasteiger partial charge on any atom is 0.355 e. The Labute approximate surface area is 149 Å². The van der Waals surface area contributed by atoms with Crippen molar-refractivity contribution in [1.82, 2.24) is 15.8 Å². The number of benzene rings is 2. The van der Waals surface area contributed by atoms with Crippen molar-refractivity contribution in [2.24, 2.45) is 0 Å². The predicted octanol–water partition coefficient (Wildman–Crippen LogP) is 2.17. The summed E-state index contributed by atoms with van der Waals surface area (Å²) in [5, 5.41) is 0.867. The number of H-pyrrole nitrogens is 1. The zero-order valence-electron chi connectivity index (χ0n) is 14.0. The minimum atomic E-state index is -1.08. The molecule has 0 radical (unpaired) electrons. The number of para-hydroxylation sites is 1. The van der Waals surface area contributed by atoms with Crippen LogP contribution in [0.3, 0.4) is 0 Å². The average Bonchev–Trinajstić information content (AvgIpc) is 3.10. The second kappa shape index (κ2) is 7.52. The lowest BCUT2D eigenvalue weighted by molar-refractivity contribution is -0.129. The van der Waals surface area contributed by atoms with Crippen LogP contribution in [0.1, 0.15) is 27.8 Å². The molecule has 3 aromatic rings. The van der Waals surface area contributed by atoms with Gasteiger partial charge in [-0.3, -0.25) is 20.4 Å². The predicted molar refractivity (Wildman–Crippen MR) is 95.2 cm³/mol. The molecule has 0 unspecified atom stereocenters. The number of hydrogen-bond donors (Lipinski definition) is 3. The van der Waals surface area contributed by atoms with E-state index in [2.05, 4.69) is 15.8 Å². The van der Waals surface area contributed by atoms with E-state index in [9.17, 15) is 14.4 Å². The summed E-state index contributed by atoms with van der Waals surface area (Å²) in [5.74, 6) is -1.76. The van der Waals surface area contributed by atoms with E-state index in [1.807, 2.05) is 24.3 Å². The van der Waals surface area contributed by atoms with Gasteiger partial charge in [-0.1, -0.05) is 36.4 Å². The van der Waals surface area contributed by atoms with Gasteiger partial charge in [0.15, 0.2) is 6.10 Å². The number of fused-ring (bicyclic) bond motifs is 1. The summed E-state index contributed by atoms with van der Waals surface area (Å²) in [4.78, 5) is 39.0. The van der Waals surface area contributed by atoms with Crippen LogP contribution in [0.25, 0.3) is 10.9 Å². The van der Waals surface area contributed by atoms with Crippen LogP contribution < -0.4 is 10.9 Å². The van der Waals surface area contributed by atoms with Gasteiger partial charge in [0.1, 0.15) is 5.69 Å². The first-order chi connectivity index (χ1) is 12.5. The molecule has 0 bridgehead atoms. The molecule has 0 fully saturated rings. The molecular formula is C19H17N3O4. The molecule has 0 saturated carbocycles. The van der Waals surface area contributed by atoms with Gasteiger partial charge >= 0.3 is 5.97 Å². The van der Waals surface area contributed by atoms with Crippen molar-refractivity contribution in [2.45, 2.75) is 13.0 Å². The molecule has 2 amide bonds. The van der Waals surface area contributed by atoms with Crippen LogP contribution in [0.5, 0.6) is 0 Å². The normalized spacial score (nSPS) is 11.6. The first-order valence-electron chi connectivity index (χ1n) is 7.98. The third kappa shape index (κ3) is 3.89. The van der Waals surface area contributed by atoms with Crippen molar-refractivity contribution in [3.8, 4) is 0 Å². The van der Waals surface area contributed by atoms with Gasteiger partial charge in [-0.25, -0.2) is 4.79 Å². The zero-order chi connectivity index (χ0) is 18.5. The molecule has 26 heavy (non-hydrogen) atoms. The molecule has 1 aromatic heterocycles. The first kappa shape index (κ1) is 17.2. The fourth-order valence-corrected chi connectivity index (χ4v) is 2.34. The molecule has 7 heteroatoms. The number of aromatic nitrogens is 1. The standard InChI is InChI=1S/C19H17N3O4/c1-12(17(23)21-22-18(24)13-7-3-2-4-8-13)26-19(25)16-11-14-9-5-6-10-15(14)20-16/h2-12,20H,1H3,(H,21,23)(H,22,24)/t12-/m0/s1. The van der Waals surface area contributed by atoms with Gasteiger partial charge in [0, 0.05) is 16.5 Å². The van der Waals surface area contributed by atoms with Crippen LogP contribution in [0.4, 0.5) is 0 Å².